The largest absolute Gasteiger partial charge is 0.489 e. The topological polar surface area (TPSA) is 33.0 Å². The third-order valence-corrected chi connectivity index (χ3v) is 6.75. The standard InChI is InChI=1S/C26H25NOS/c1-2-5-20(14-15-27)21-9-11-23(12-10-21)28-17-19-8-13-26-24(16-19)25(18-29-26)22-6-3-4-7-22/h8-13,16,18,20,22H,3-4,6-7,14,17H2,1H3/t20-/m0/s1. The van der Waals surface area contributed by atoms with Gasteiger partial charge in [0.2, 0.25) is 0 Å². The summed E-state index contributed by atoms with van der Waals surface area (Å²) in [6.07, 6.45) is 5.78. The molecule has 0 radical (unpaired) electrons. The summed E-state index contributed by atoms with van der Waals surface area (Å²) in [4.78, 5) is 0. The lowest BCUT2D eigenvalue weighted by Crippen LogP contribution is -1.98. The average molecular weight is 400 g/mol. The molecule has 1 saturated carbocycles. The highest BCUT2D eigenvalue weighted by molar-refractivity contribution is 7.17. The quantitative estimate of drug-likeness (QED) is 0.412. The van der Waals surface area contributed by atoms with Gasteiger partial charge in [0.15, 0.2) is 0 Å². The summed E-state index contributed by atoms with van der Waals surface area (Å²) in [6.45, 7) is 2.37. The number of ether oxygens (including phenoxy) is 1. The van der Waals surface area contributed by atoms with Gasteiger partial charge in [-0.25, -0.2) is 0 Å². The molecule has 0 N–H and O–H groups in total. The molecule has 3 aromatic rings. The van der Waals surface area contributed by atoms with Crippen molar-refractivity contribution in [2.45, 2.75) is 57.5 Å². The molecule has 0 saturated heterocycles. The Kier molecular flexibility index (Phi) is 6.18. The molecular formula is C26H25NOS. The molecule has 29 heavy (non-hydrogen) atoms. The van der Waals surface area contributed by atoms with E-state index in [0.29, 0.717) is 13.0 Å². The van der Waals surface area contributed by atoms with E-state index in [0.717, 1.165) is 17.2 Å². The zero-order valence-electron chi connectivity index (χ0n) is 16.8. The monoisotopic (exact) mass is 399 g/mol. The lowest BCUT2D eigenvalue weighted by molar-refractivity contribution is 0.306. The van der Waals surface area contributed by atoms with Gasteiger partial charge in [0.05, 0.1) is 18.4 Å². The zero-order chi connectivity index (χ0) is 20.1. The molecule has 0 aliphatic heterocycles. The highest BCUT2D eigenvalue weighted by Crippen LogP contribution is 2.40. The van der Waals surface area contributed by atoms with Gasteiger partial charge in [0.1, 0.15) is 12.4 Å². The summed E-state index contributed by atoms with van der Waals surface area (Å²) in [5.74, 6) is 7.57. The van der Waals surface area contributed by atoms with E-state index in [2.05, 4.69) is 41.5 Å². The van der Waals surface area contributed by atoms with E-state index in [1.807, 2.05) is 42.5 Å². The lowest BCUT2D eigenvalue weighted by Gasteiger charge is -2.11. The molecule has 146 valence electrons. The summed E-state index contributed by atoms with van der Waals surface area (Å²) >= 11 is 1.86. The molecule has 2 aromatic carbocycles. The molecule has 0 amide bonds. The number of hydrogen-bond acceptors (Lipinski definition) is 3. The molecule has 1 fully saturated rings. The number of nitrogens with zero attached hydrogens (tertiary/aromatic N) is 1. The number of nitriles is 1. The molecule has 1 atom stereocenters. The second-order valence-corrected chi connectivity index (χ2v) is 8.58. The first-order chi connectivity index (χ1) is 14.3. The predicted octanol–water partition coefficient (Wildman–Crippen LogP) is 7.16. The minimum absolute atomic E-state index is 0.0333. The average Bonchev–Trinajstić information content (AvgIpc) is 3.42. The van der Waals surface area contributed by atoms with E-state index in [4.69, 9.17) is 10.00 Å². The van der Waals surface area contributed by atoms with Gasteiger partial charge < -0.3 is 4.74 Å². The molecule has 0 bridgehead atoms. The molecule has 1 aliphatic rings. The van der Waals surface area contributed by atoms with Crippen LogP contribution in [0.1, 0.15) is 67.6 Å². The van der Waals surface area contributed by atoms with Crippen LogP contribution in [0, 0.1) is 23.2 Å². The van der Waals surface area contributed by atoms with E-state index < -0.39 is 0 Å². The fourth-order valence-corrected chi connectivity index (χ4v) is 5.24. The van der Waals surface area contributed by atoms with Crippen LogP contribution in [-0.4, -0.2) is 0 Å². The van der Waals surface area contributed by atoms with Gasteiger partial charge in [-0.3, -0.25) is 0 Å². The fourth-order valence-electron chi connectivity index (χ4n) is 4.22. The minimum atomic E-state index is -0.0333. The first-order valence-corrected chi connectivity index (χ1v) is 11.2. The van der Waals surface area contributed by atoms with Crippen LogP contribution in [0.25, 0.3) is 10.1 Å². The summed E-state index contributed by atoms with van der Waals surface area (Å²) in [5.41, 5.74) is 3.81. The number of hydrogen-bond donors (Lipinski definition) is 0. The van der Waals surface area contributed by atoms with Crippen molar-refractivity contribution in [1.29, 1.82) is 5.26 Å². The van der Waals surface area contributed by atoms with Gasteiger partial charge in [0.25, 0.3) is 0 Å². The number of benzene rings is 2. The van der Waals surface area contributed by atoms with E-state index in [1.165, 1.54) is 46.9 Å². The van der Waals surface area contributed by atoms with Crippen molar-refractivity contribution in [3.05, 3.63) is 64.5 Å². The van der Waals surface area contributed by atoms with Gasteiger partial charge in [-0.1, -0.05) is 37.0 Å². The van der Waals surface area contributed by atoms with Crippen molar-refractivity contribution in [3.8, 4) is 23.7 Å². The van der Waals surface area contributed by atoms with E-state index in [-0.39, 0.29) is 5.92 Å². The second-order valence-electron chi connectivity index (χ2n) is 7.67. The molecule has 3 heteroatoms. The Bertz CT molecular complexity index is 1070. The number of fused-ring (bicyclic) bond motifs is 1. The van der Waals surface area contributed by atoms with Crippen LogP contribution in [-0.2, 0) is 6.61 Å². The van der Waals surface area contributed by atoms with Gasteiger partial charge in [-0.2, -0.15) is 5.26 Å². The highest BCUT2D eigenvalue weighted by atomic mass is 32.1. The fraction of sp³-hybridized carbons (Fsp3) is 0.346. The summed E-state index contributed by atoms with van der Waals surface area (Å²) < 4.78 is 7.42. The van der Waals surface area contributed by atoms with Crippen molar-refractivity contribution in [2.75, 3.05) is 0 Å². The maximum atomic E-state index is 9.00. The first kappa shape index (κ1) is 19.6. The molecule has 0 spiro atoms. The van der Waals surface area contributed by atoms with Gasteiger partial charge >= 0.3 is 0 Å². The van der Waals surface area contributed by atoms with Crippen molar-refractivity contribution >= 4 is 21.4 Å². The maximum absolute atomic E-state index is 9.00. The molecular weight excluding hydrogens is 374 g/mol. The Morgan fingerprint density at radius 2 is 1.93 bits per heavy atom. The summed E-state index contributed by atoms with van der Waals surface area (Å²) in [5, 5.41) is 12.8. The van der Waals surface area contributed by atoms with Crippen LogP contribution >= 0.6 is 11.3 Å². The van der Waals surface area contributed by atoms with E-state index >= 15 is 0 Å². The van der Waals surface area contributed by atoms with Crippen molar-refractivity contribution < 1.29 is 4.74 Å². The van der Waals surface area contributed by atoms with Crippen LogP contribution in [0.4, 0.5) is 0 Å². The Morgan fingerprint density at radius 3 is 2.66 bits per heavy atom. The predicted molar refractivity (Wildman–Crippen MR) is 120 cm³/mol. The van der Waals surface area contributed by atoms with Gasteiger partial charge in [-0.05, 0) is 77.4 Å². The molecule has 0 unspecified atom stereocenters. The number of rotatable bonds is 6. The normalized spacial score (nSPS) is 14.9. The van der Waals surface area contributed by atoms with Gasteiger partial charge in [-0.15, -0.1) is 17.3 Å². The van der Waals surface area contributed by atoms with Crippen LogP contribution in [0.3, 0.4) is 0 Å². The Morgan fingerprint density at radius 1 is 1.14 bits per heavy atom. The Balaban J connectivity index is 1.46. The summed E-state index contributed by atoms with van der Waals surface area (Å²) in [6, 6.07) is 16.9. The molecule has 4 rings (SSSR count). The van der Waals surface area contributed by atoms with E-state index in [9.17, 15) is 0 Å². The molecule has 1 aliphatic carbocycles. The number of thiophene rings is 1. The summed E-state index contributed by atoms with van der Waals surface area (Å²) in [7, 11) is 0. The smallest absolute Gasteiger partial charge is 0.119 e. The SMILES string of the molecule is CC#C[C@@H](CC#N)c1ccc(OCc2ccc3scc(C4CCCC4)c3c2)cc1. The highest BCUT2D eigenvalue weighted by Gasteiger charge is 2.20. The van der Waals surface area contributed by atoms with Crippen LogP contribution < -0.4 is 4.74 Å². The third-order valence-electron chi connectivity index (χ3n) is 5.76. The van der Waals surface area contributed by atoms with Crippen molar-refractivity contribution in [1.82, 2.24) is 0 Å². The minimum Gasteiger partial charge on any atom is -0.489 e. The van der Waals surface area contributed by atoms with E-state index in [1.54, 1.807) is 0 Å². The zero-order valence-corrected chi connectivity index (χ0v) is 17.6. The molecule has 1 aromatic heterocycles. The third kappa shape index (κ3) is 4.47. The molecule has 2 nitrogen and oxygen atoms in total. The second kappa shape index (κ2) is 9.17. The van der Waals surface area contributed by atoms with Gasteiger partial charge in [0, 0.05) is 4.70 Å². The Labute approximate surface area is 177 Å². The molecule has 1 heterocycles. The van der Waals surface area contributed by atoms with Crippen molar-refractivity contribution in [2.24, 2.45) is 0 Å². The van der Waals surface area contributed by atoms with Crippen LogP contribution in [0.5, 0.6) is 5.75 Å². The lowest BCUT2D eigenvalue weighted by atomic mass is 9.96. The van der Waals surface area contributed by atoms with Crippen molar-refractivity contribution in [3.63, 3.8) is 0 Å². The van der Waals surface area contributed by atoms with Crippen LogP contribution in [0.2, 0.25) is 0 Å². The maximum Gasteiger partial charge on any atom is 0.119 e. The first-order valence-electron chi connectivity index (χ1n) is 10.3. The Hall–Kier alpha value is -2.75. The van der Waals surface area contributed by atoms with Crippen LogP contribution in [0.15, 0.2) is 47.8 Å².